The van der Waals surface area contributed by atoms with Crippen molar-refractivity contribution in [3.05, 3.63) is 243 Å². The number of hydrogen-bond donors (Lipinski definition) is 0. The second kappa shape index (κ2) is 15.1. The number of fused-ring (bicyclic) bond motifs is 4. The lowest BCUT2D eigenvalue weighted by Gasteiger charge is -2.30. The molecule has 2 heteroatoms. The van der Waals surface area contributed by atoms with Crippen molar-refractivity contribution in [2.45, 2.75) is 0 Å². The molecule has 0 atom stereocenters. The van der Waals surface area contributed by atoms with E-state index in [1.807, 2.05) is 0 Å². The van der Waals surface area contributed by atoms with Gasteiger partial charge >= 0.3 is 0 Å². The Morgan fingerprint density at radius 2 is 0.800 bits per heavy atom. The van der Waals surface area contributed by atoms with Crippen LogP contribution in [0, 0.1) is 0 Å². The molecule has 2 nitrogen and oxygen atoms in total. The van der Waals surface area contributed by atoms with Gasteiger partial charge < -0.3 is 9.47 Å². The van der Waals surface area contributed by atoms with Gasteiger partial charge in [-0.2, -0.15) is 0 Å². The molecule has 0 N–H and O–H groups in total. The summed E-state index contributed by atoms with van der Waals surface area (Å²) in [6.45, 7) is 0. The molecule has 60 heavy (non-hydrogen) atoms. The number of rotatable bonds is 8. The number of para-hydroxylation sites is 3. The Bertz CT molecular complexity index is 3310. The first-order chi connectivity index (χ1) is 29.8. The Morgan fingerprint density at radius 1 is 0.283 bits per heavy atom. The summed E-state index contributed by atoms with van der Waals surface area (Å²) in [5.41, 5.74) is 16.2. The van der Waals surface area contributed by atoms with Crippen LogP contribution in [0.2, 0.25) is 0 Å². The van der Waals surface area contributed by atoms with Crippen LogP contribution in [0.1, 0.15) is 0 Å². The van der Waals surface area contributed by atoms with Crippen LogP contribution in [0.15, 0.2) is 243 Å². The molecule has 0 aliphatic carbocycles. The molecule has 0 amide bonds. The molecule has 10 aromatic carbocycles. The Kier molecular flexibility index (Phi) is 8.87. The van der Waals surface area contributed by atoms with Crippen LogP contribution in [0.25, 0.3) is 82.8 Å². The van der Waals surface area contributed by atoms with Crippen LogP contribution in [0.5, 0.6) is 0 Å². The monoisotopic (exact) mass is 764 g/mol. The largest absolute Gasteiger partial charge is 0.309 e. The summed E-state index contributed by atoms with van der Waals surface area (Å²) in [5, 5.41) is 4.84. The predicted molar refractivity (Wildman–Crippen MR) is 255 cm³/mol. The molecule has 0 unspecified atom stereocenters. The van der Waals surface area contributed by atoms with Crippen molar-refractivity contribution in [3.63, 3.8) is 0 Å². The van der Waals surface area contributed by atoms with Gasteiger partial charge in [-0.1, -0.05) is 194 Å². The molecule has 1 heterocycles. The van der Waals surface area contributed by atoms with E-state index in [1.165, 1.54) is 54.9 Å². The SMILES string of the molecule is c1ccc(-c2ccc(-n3c4ccccc4c4c(N(c5ccccc5-c5ccccc5)c5ccccc5-c5ccc6ccccc6c5)cccc43)cc2-c2ccccc2)cc1. The second-order valence-electron chi connectivity index (χ2n) is 15.3. The van der Waals surface area contributed by atoms with E-state index < -0.39 is 0 Å². The molecule has 0 aliphatic rings. The van der Waals surface area contributed by atoms with Crippen LogP contribution < -0.4 is 4.90 Å². The van der Waals surface area contributed by atoms with Gasteiger partial charge in [0, 0.05) is 27.6 Å². The third-order valence-electron chi connectivity index (χ3n) is 11.8. The summed E-state index contributed by atoms with van der Waals surface area (Å²) in [6.07, 6.45) is 0. The minimum atomic E-state index is 1.11. The lowest BCUT2D eigenvalue weighted by molar-refractivity contribution is 1.18. The number of nitrogens with zero attached hydrogens (tertiary/aromatic N) is 2. The van der Waals surface area contributed by atoms with Crippen LogP contribution >= 0.6 is 0 Å². The Morgan fingerprint density at radius 3 is 1.50 bits per heavy atom. The molecule has 0 saturated carbocycles. The smallest absolute Gasteiger partial charge is 0.0562 e. The van der Waals surface area contributed by atoms with Gasteiger partial charge in [-0.15, -0.1) is 0 Å². The molecular formula is C58H40N2. The fourth-order valence-electron chi connectivity index (χ4n) is 9.05. The lowest BCUT2D eigenvalue weighted by atomic mass is 9.94. The zero-order valence-corrected chi connectivity index (χ0v) is 33.0. The highest BCUT2D eigenvalue weighted by molar-refractivity contribution is 6.17. The molecular weight excluding hydrogens is 725 g/mol. The van der Waals surface area contributed by atoms with Crippen LogP contribution in [0.4, 0.5) is 17.1 Å². The average molecular weight is 765 g/mol. The summed E-state index contributed by atoms with van der Waals surface area (Å²) in [6, 6.07) is 88.0. The fourth-order valence-corrected chi connectivity index (χ4v) is 9.05. The molecule has 11 rings (SSSR count). The van der Waals surface area contributed by atoms with E-state index in [1.54, 1.807) is 0 Å². The standard InChI is InChI=1S/C58H40N2/c1-4-20-42(21-5-1)48-38-37-47(40-52(48)44-24-8-3-9-25-44)59-55-32-17-14-29-51(55)58-56(59)33-18-34-57(58)60(53-30-15-12-27-49(53)43-22-6-2-7-23-43)54-31-16-13-28-50(54)46-36-35-41-19-10-11-26-45(41)39-46/h1-40H. The minimum absolute atomic E-state index is 1.11. The molecule has 0 aliphatic heterocycles. The topological polar surface area (TPSA) is 8.17 Å². The van der Waals surface area contributed by atoms with Crippen LogP contribution in [0.3, 0.4) is 0 Å². The maximum Gasteiger partial charge on any atom is 0.0562 e. The molecule has 0 saturated heterocycles. The van der Waals surface area contributed by atoms with Gasteiger partial charge in [-0.05, 0) is 92.7 Å². The van der Waals surface area contributed by atoms with E-state index in [0.717, 1.165) is 44.9 Å². The normalized spacial score (nSPS) is 11.3. The first-order valence-corrected chi connectivity index (χ1v) is 20.6. The van der Waals surface area contributed by atoms with Gasteiger partial charge in [0.25, 0.3) is 0 Å². The summed E-state index contributed by atoms with van der Waals surface area (Å²) >= 11 is 0. The van der Waals surface area contributed by atoms with Crippen LogP contribution in [-0.2, 0) is 0 Å². The molecule has 0 fully saturated rings. The Hall–Kier alpha value is -7.94. The summed E-state index contributed by atoms with van der Waals surface area (Å²) in [4.78, 5) is 2.50. The lowest BCUT2D eigenvalue weighted by Crippen LogP contribution is -2.13. The Balaban J connectivity index is 1.19. The van der Waals surface area contributed by atoms with Crippen molar-refractivity contribution in [3.8, 4) is 50.2 Å². The molecule has 1 aromatic heterocycles. The highest BCUT2D eigenvalue weighted by Gasteiger charge is 2.25. The van der Waals surface area contributed by atoms with Crippen LogP contribution in [-0.4, -0.2) is 4.57 Å². The van der Waals surface area contributed by atoms with Crippen molar-refractivity contribution in [1.29, 1.82) is 0 Å². The van der Waals surface area contributed by atoms with Gasteiger partial charge in [0.1, 0.15) is 0 Å². The van der Waals surface area contributed by atoms with Gasteiger partial charge in [0.2, 0.25) is 0 Å². The zero-order valence-electron chi connectivity index (χ0n) is 33.0. The number of hydrogen-bond acceptors (Lipinski definition) is 1. The average Bonchev–Trinajstić information content (AvgIpc) is 3.67. The quantitative estimate of drug-likeness (QED) is 0.150. The third-order valence-corrected chi connectivity index (χ3v) is 11.8. The van der Waals surface area contributed by atoms with Gasteiger partial charge in [-0.3, -0.25) is 0 Å². The molecule has 0 spiro atoms. The van der Waals surface area contributed by atoms with Gasteiger partial charge in [0.15, 0.2) is 0 Å². The van der Waals surface area contributed by atoms with Crippen molar-refractivity contribution in [2.75, 3.05) is 4.90 Å². The number of aromatic nitrogens is 1. The summed E-state index contributed by atoms with van der Waals surface area (Å²) in [5.74, 6) is 0. The predicted octanol–water partition coefficient (Wildman–Crippen LogP) is 16.1. The maximum absolute atomic E-state index is 2.50. The second-order valence-corrected chi connectivity index (χ2v) is 15.3. The fraction of sp³-hybridized carbons (Fsp3) is 0. The highest BCUT2D eigenvalue weighted by Crippen LogP contribution is 2.49. The van der Waals surface area contributed by atoms with E-state index >= 15 is 0 Å². The van der Waals surface area contributed by atoms with Gasteiger partial charge in [0.05, 0.1) is 28.1 Å². The van der Waals surface area contributed by atoms with Crippen molar-refractivity contribution >= 4 is 49.6 Å². The third kappa shape index (κ3) is 6.14. The first kappa shape index (κ1) is 35.2. The van der Waals surface area contributed by atoms with E-state index in [9.17, 15) is 0 Å². The van der Waals surface area contributed by atoms with E-state index in [0.29, 0.717) is 0 Å². The van der Waals surface area contributed by atoms with E-state index in [2.05, 4.69) is 252 Å². The maximum atomic E-state index is 2.50. The highest BCUT2D eigenvalue weighted by atomic mass is 15.2. The van der Waals surface area contributed by atoms with E-state index in [-0.39, 0.29) is 0 Å². The molecule has 11 aromatic rings. The molecule has 0 bridgehead atoms. The van der Waals surface area contributed by atoms with Gasteiger partial charge in [-0.25, -0.2) is 0 Å². The Labute approximate surface area is 350 Å². The number of anilines is 3. The first-order valence-electron chi connectivity index (χ1n) is 20.6. The molecule has 0 radical (unpaired) electrons. The zero-order chi connectivity index (χ0) is 39.8. The molecule has 282 valence electrons. The minimum Gasteiger partial charge on any atom is -0.309 e. The number of benzene rings is 10. The van der Waals surface area contributed by atoms with Crippen molar-refractivity contribution in [2.24, 2.45) is 0 Å². The van der Waals surface area contributed by atoms with Crippen molar-refractivity contribution in [1.82, 2.24) is 4.57 Å². The van der Waals surface area contributed by atoms with E-state index in [4.69, 9.17) is 0 Å². The summed E-state index contributed by atoms with van der Waals surface area (Å²) in [7, 11) is 0. The van der Waals surface area contributed by atoms with Crippen molar-refractivity contribution < 1.29 is 0 Å². The summed E-state index contributed by atoms with van der Waals surface area (Å²) < 4.78 is 2.45.